The van der Waals surface area contributed by atoms with E-state index in [0.717, 1.165) is 6.26 Å². The van der Waals surface area contributed by atoms with E-state index in [4.69, 9.17) is 16.3 Å². The van der Waals surface area contributed by atoms with E-state index in [2.05, 4.69) is 9.71 Å². The number of carbonyl (C=O) groups excluding carboxylic acids is 1. The number of nitrogens with one attached hydrogen (secondary N) is 1. The van der Waals surface area contributed by atoms with Crippen molar-refractivity contribution in [3.8, 4) is 0 Å². The van der Waals surface area contributed by atoms with Crippen molar-refractivity contribution >= 4 is 33.4 Å². The molecular weight excluding hydrogens is 323 g/mol. The number of hydrogen-bond donors (Lipinski definition) is 1. The fourth-order valence-corrected chi connectivity index (χ4v) is 2.53. The highest BCUT2D eigenvalue weighted by Crippen LogP contribution is 2.61. The highest BCUT2D eigenvalue weighted by atomic mass is 35.5. The maximum absolute atomic E-state index is 13.4. The number of nitrogens with zero attached hydrogens (tertiary/aromatic N) is 1. The molecule has 9 heteroatoms. The van der Waals surface area contributed by atoms with E-state index in [0.29, 0.717) is 0 Å². The molecule has 1 aliphatic rings. The maximum Gasteiger partial charge on any atom is 0.339 e. The van der Waals surface area contributed by atoms with Crippen molar-refractivity contribution in [1.82, 2.24) is 4.98 Å². The van der Waals surface area contributed by atoms with Crippen molar-refractivity contribution in [1.29, 1.82) is 0 Å². The first-order valence-corrected chi connectivity index (χ1v) is 8.28. The molecule has 0 radical (unpaired) electrons. The summed E-state index contributed by atoms with van der Waals surface area (Å²) in [5.74, 6) is -0.583. The van der Waals surface area contributed by atoms with Gasteiger partial charge in [-0.3, -0.25) is 4.72 Å². The van der Waals surface area contributed by atoms with E-state index in [1.165, 1.54) is 18.3 Å². The van der Waals surface area contributed by atoms with Crippen LogP contribution in [0, 0.1) is 5.41 Å². The van der Waals surface area contributed by atoms with Crippen molar-refractivity contribution in [3.63, 3.8) is 0 Å². The first-order valence-electron chi connectivity index (χ1n) is 6.01. The lowest BCUT2D eigenvalue weighted by Gasteiger charge is -2.11. The van der Waals surface area contributed by atoms with Crippen molar-refractivity contribution < 1.29 is 22.3 Å². The second kappa shape index (κ2) is 5.10. The van der Waals surface area contributed by atoms with Crippen LogP contribution < -0.4 is 4.72 Å². The van der Waals surface area contributed by atoms with Crippen LogP contribution in [0.15, 0.2) is 18.3 Å². The van der Waals surface area contributed by atoms with Gasteiger partial charge in [-0.25, -0.2) is 22.6 Å². The van der Waals surface area contributed by atoms with Gasteiger partial charge in [0.25, 0.3) is 0 Å². The zero-order chi connectivity index (χ0) is 15.9. The molecule has 1 fully saturated rings. The highest BCUT2D eigenvalue weighted by Gasteiger charge is 2.66. The summed E-state index contributed by atoms with van der Waals surface area (Å²) in [5, 5.41) is -1.82. The van der Waals surface area contributed by atoms with Gasteiger partial charge >= 0.3 is 5.97 Å². The number of alkyl halides is 2. The molecule has 116 valence electrons. The number of hydrogen-bond acceptors (Lipinski definition) is 5. The number of ether oxygens (including phenoxy) is 1. The van der Waals surface area contributed by atoms with Crippen LogP contribution in [0.2, 0.25) is 0 Å². The first kappa shape index (κ1) is 16.0. The first-order chi connectivity index (χ1) is 9.52. The quantitative estimate of drug-likeness (QED) is 0.656. The van der Waals surface area contributed by atoms with Crippen LogP contribution in [0.3, 0.4) is 0 Å². The Morgan fingerprint density at radius 1 is 1.57 bits per heavy atom. The van der Waals surface area contributed by atoms with Gasteiger partial charge in [0.15, 0.2) is 5.13 Å². The van der Waals surface area contributed by atoms with Crippen LogP contribution in [-0.2, 0) is 14.8 Å². The smallest absolute Gasteiger partial charge is 0.339 e. The van der Waals surface area contributed by atoms with E-state index >= 15 is 0 Å². The van der Waals surface area contributed by atoms with Crippen molar-refractivity contribution in [2.75, 3.05) is 17.6 Å². The number of halogens is 2. The normalized spacial score (nSPS) is 28.0. The molecule has 6 nitrogen and oxygen atoms in total. The third-order valence-electron chi connectivity index (χ3n) is 3.18. The summed E-state index contributed by atoms with van der Waals surface area (Å²) in [6, 6.07) is 2.69. The summed E-state index contributed by atoms with van der Waals surface area (Å²) in [6.45, 7) is 1.46. The van der Waals surface area contributed by atoms with Crippen LogP contribution in [0.4, 0.5) is 10.2 Å². The average Bonchev–Trinajstić information content (AvgIpc) is 2.85. The van der Waals surface area contributed by atoms with Gasteiger partial charge in [-0.15, -0.1) is 0 Å². The Bertz CT molecular complexity index is 662. The molecule has 2 rings (SSSR count). The largest absolute Gasteiger partial charge is 0.461 e. The van der Waals surface area contributed by atoms with Crippen LogP contribution in [0.25, 0.3) is 0 Å². The van der Waals surface area contributed by atoms with Gasteiger partial charge in [0, 0.05) is 12.6 Å². The third-order valence-corrected chi connectivity index (χ3v) is 4.35. The monoisotopic (exact) mass is 336 g/mol. The van der Waals surface area contributed by atoms with Crippen LogP contribution in [-0.4, -0.2) is 37.4 Å². The fourth-order valence-electron chi connectivity index (χ4n) is 1.68. The number of pyridine rings is 1. The minimum absolute atomic E-state index is 0.0896. The molecule has 1 aromatic heterocycles. The lowest BCUT2D eigenvalue weighted by atomic mass is 10.1. The Morgan fingerprint density at radius 3 is 2.62 bits per heavy atom. The third kappa shape index (κ3) is 3.82. The van der Waals surface area contributed by atoms with Crippen LogP contribution in [0.5, 0.6) is 0 Å². The van der Waals surface area contributed by atoms with Gasteiger partial charge in [0.2, 0.25) is 10.0 Å². The van der Waals surface area contributed by atoms with Gasteiger partial charge in [-0.1, -0.05) is 18.5 Å². The predicted molar refractivity (Wildman–Crippen MR) is 75.4 cm³/mol. The number of carbonyl (C=O) groups is 1. The van der Waals surface area contributed by atoms with E-state index < -0.39 is 26.5 Å². The molecule has 2 atom stereocenters. The molecule has 1 heterocycles. The second-order valence-corrected chi connectivity index (χ2v) is 7.67. The van der Waals surface area contributed by atoms with Gasteiger partial charge < -0.3 is 4.74 Å². The van der Waals surface area contributed by atoms with Crippen molar-refractivity contribution in [2.45, 2.75) is 18.5 Å². The fraction of sp³-hybridized carbons (Fsp3) is 0.500. The summed E-state index contributed by atoms with van der Waals surface area (Å²) in [6.07, 6.45) is 2.29. The lowest BCUT2D eigenvalue weighted by molar-refractivity contribution is 0.0401. The topological polar surface area (TPSA) is 85.4 Å². The van der Waals surface area contributed by atoms with Crippen molar-refractivity contribution in [3.05, 3.63) is 23.9 Å². The molecule has 0 bridgehead atoms. The zero-order valence-corrected chi connectivity index (χ0v) is 13.0. The molecule has 1 saturated carbocycles. The Kier molecular flexibility index (Phi) is 3.88. The van der Waals surface area contributed by atoms with Gasteiger partial charge in [0.1, 0.15) is 12.4 Å². The number of rotatable bonds is 5. The van der Waals surface area contributed by atoms with E-state index in [1.807, 2.05) is 0 Å². The number of esters is 1. The van der Waals surface area contributed by atoms with Crippen LogP contribution >= 0.6 is 11.6 Å². The lowest BCUT2D eigenvalue weighted by Crippen LogP contribution is -2.18. The molecule has 1 aliphatic carbocycles. The summed E-state index contributed by atoms with van der Waals surface area (Å²) in [5.41, 5.74) is -0.729. The maximum atomic E-state index is 13.4. The molecule has 0 amide bonds. The Hall–Kier alpha value is -1.41. The molecule has 0 spiro atoms. The molecular formula is C12H14ClFN2O4S. The Labute approximate surface area is 126 Å². The van der Waals surface area contributed by atoms with Crippen LogP contribution in [0.1, 0.15) is 23.7 Å². The summed E-state index contributed by atoms with van der Waals surface area (Å²) >= 11 is 5.52. The van der Waals surface area contributed by atoms with Gasteiger partial charge in [-0.2, -0.15) is 0 Å². The molecule has 2 unspecified atom stereocenters. The summed E-state index contributed by atoms with van der Waals surface area (Å²) < 4.78 is 42.6. The molecule has 1 aromatic rings. The molecule has 21 heavy (non-hydrogen) atoms. The predicted octanol–water partition coefficient (Wildman–Crippen LogP) is 1.92. The van der Waals surface area contributed by atoms with E-state index in [-0.39, 0.29) is 24.4 Å². The van der Waals surface area contributed by atoms with Gasteiger partial charge in [-0.05, 0) is 12.1 Å². The SMILES string of the molecule is CC1(COC(=O)c2ccc(NS(C)(=O)=O)nc2)CC1(F)Cl. The van der Waals surface area contributed by atoms with Gasteiger partial charge in [0.05, 0.1) is 17.2 Å². The minimum atomic E-state index is -3.43. The average molecular weight is 337 g/mol. The summed E-state index contributed by atoms with van der Waals surface area (Å²) in [7, 11) is -3.43. The minimum Gasteiger partial charge on any atom is -0.461 e. The number of aromatic nitrogens is 1. The Morgan fingerprint density at radius 2 is 2.19 bits per heavy atom. The molecule has 0 saturated heterocycles. The molecule has 0 aliphatic heterocycles. The number of sulfonamides is 1. The standard InChI is InChI=1S/C12H14ClFN2O4S/c1-11(6-12(11,13)14)7-20-10(17)8-3-4-9(15-5-8)16-21(2,18)19/h3-5H,6-7H2,1-2H3,(H,15,16). The van der Waals surface area contributed by atoms with E-state index in [1.54, 1.807) is 6.92 Å². The number of anilines is 1. The van der Waals surface area contributed by atoms with Crippen molar-refractivity contribution in [2.24, 2.45) is 5.41 Å². The highest BCUT2D eigenvalue weighted by molar-refractivity contribution is 7.92. The summed E-state index contributed by atoms with van der Waals surface area (Å²) in [4.78, 5) is 15.5. The Balaban J connectivity index is 1.95. The zero-order valence-electron chi connectivity index (χ0n) is 11.4. The molecule has 1 N–H and O–H groups in total. The molecule has 0 aromatic carbocycles. The second-order valence-electron chi connectivity index (χ2n) is 5.32. The van der Waals surface area contributed by atoms with E-state index in [9.17, 15) is 17.6 Å².